The number of anilines is 1. The van der Waals surface area contributed by atoms with Crippen LogP contribution < -0.4 is 10.1 Å². The highest BCUT2D eigenvalue weighted by molar-refractivity contribution is 7.99. The lowest BCUT2D eigenvalue weighted by Gasteiger charge is -2.10. The Morgan fingerprint density at radius 3 is 2.88 bits per heavy atom. The number of halogens is 1. The summed E-state index contributed by atoms with van der Waals surface area (Å²) in [5, 5.41) is 12.2. The molecule has 1 N–H and O–H groups in total. The van der Waals surface area contributed by atoms with Crippen molar-refractivity contribution in [1.29, 1.82) is 0 Å². The van der Waals surface area contributed by atoms with Gasteiger partial charge < -0.3 is 14.6 Å². The summed E-state index contributed by atoms with van der Waals surface area (Å²) in [6.07, 6.45) is 1.70. The van der Waals surface area contributed by atoms with Crippen LogP contribution in [0, 0.1) is 0 Å². The Kier molecular flexibility index (Phi) is 5.75. The van der Waals surface area contributed by atoms with Crippen molar-refractivity contribution in [3.05, 3.63) is 47.6 Å². The highest BCUT2D eigenvalue weighted by atomic mass is 35.5. The van der Waals surface area contributed by atoms with Crippen LogP contribution in [0.25, 0.3) is 11.5 Å². The lowest BCUT2D eigenvalue weighted by atomic mass is 10.3. The van der Waals surface area contributed by atoms with E-state index in [-0.39, 0.29) is 11.7 Å². The predicted octanol–water partition coefficient (Wildman–Crippen LogP) is 3.27. The average Bonchev–Trinajstić information content (AvgIpc) is 3.01. The van der Waals surface area contributed by atoms with Gasteiger partial charge in [-0.1, -0.05) is 29.4 Å². The quantitative estimate of drug-likeness (QED) is 0.651. The normalized spacial score (nSPS) is 10.6. The molecule has 0 aliphatic rings. The van der Waals surface area contributed by atoms with E-state index in [1.54, 1.807) is 29.0 Å². The number of aromatic nitrogens is 4. The summed E-state index contributed by atoms with van der Waals surface area (Å²) in [5.74, 6) is 1.16. The van der Waals surface area contributed by atoms with Gasteiger partial charge in [-0.15, -0.1) is 10.2 Å². The van der Waals surface area contributed by atoms with E-state index in [4.69, 9.17) is 16.3 Å². The molecule has 0 aliphatic carbocycles. The number of hydrogen-bond donors (Lipinski definition) is 1. The van der Waals surface area contributed by atoms with Crippen molar-refractivity contribution in [2.45, 2.75) is 5.16 Å². The lowest BCUT2D eigenvalue weighted by molar-refractivity contribution is -0.113. The van der Waals surface area contributed by atoms with Crippen molar-refractivity contribution in [2.75, 3.05) is 18.2 Å². The molecular weight excluding hydrogens is 374 g/mol. The number of thioether (sulfide) groups is 1. The second-order valence-corrected chi connectivity index (χ2v) is 6.64. The molecule has 0 bridgehead atoms. The smallest absolute Gasteiger partial charge is 0.234 e. The number of benzene rings is 1. The van der Waals surface area contributed by atoms with Crippen molar-refractivity contribution in [3.63, 3.8) is 0 Å². The molecule has 0 spiro atoms. The second-order valence-electron chi connectivity index (χ2n) is 5.26. The maximum absolute atomic E-state index is 12.3. The first-order chi connectivity index (χ1) is 12.6. The van der Waals surface area contributed by atoms with Crippen molar-refractivity contribution in [3.8, 4) is 17.3 Å². The largest absolute Gasteiger partial charge is 0.495 e. The number of pyridine rings is 1. The molecule has 2 heterocycles. The molecule has 1 aromatic carbocycles. The van der Waals surface area contributed by atoms with Crippen LogP contribution in [-0.4, -0.2) is 38.5 Å². The molecule has 9 heteroatoms. The van der Waals surface area contributed by atoms with Crippen molar-refractivity contribution < 1.29 is 9.53 Å². The van der Waals surface area contributed by atoms with Gasteiger partial charge in [0.15, 0.2) is 11.0 Å². The minimum absolute atomic E-state index is 0.170. The zero-order valence-electron chi connectivity index (χ0n) is 14.1. The van der Waals surface area contributed by atoms with Gasteiger partial charge in [0, 0.05) is 18.3 Å². The van der Waals surface area contributed by atoms with Crippen molar-refractivity contribution >= 4 is 35.0 Å². The van der Waals surface area contributed by atoms with Crippen LogP contribution in [-0.2, 0) is 11.8 Å². The maximum atomic E-state index is 12.3. The molecule has 0 saturated heterocycles. The molecule has 3 rings (SSSR count). The Morgan fingerprint density at radius 2 is 2.15 bits per heavy atom. The van der Waals surface area contributed by atoms with Gasteiger partial charge in [-0.25, -0.2) is 0 Å². The average molecular weight is 390 g/mol. The topological polar surface area (TPSA) is 81.9 Å². The molecule has 0 fully saturated rings. The van der Waals surface area contributed by atoms with Gasteiger partial charge in [-0.3, -0.25) is 9.78 Å². The minimum atomic E-state index is -0.196. The molecule has 26 heavy (non-hydrogen) atoms. The standard InChI is InChI=1S/C17H16ClN5O2S/c1-23-16(12-5-3-4-8-19-12)21-22-17(23)26-10-15(24)20-13-9-11(18)6-7-14(13)25-2/h3-9H,10H2,1-2H3,(H,20,24). The van der Waals surface area contributed by atoms with E-state index in [0.717, 1.165) is 5.69 Å². The van der Waals surface area contributed by atoms with Gasteiger partial charge in [0.2, 0.25) is 5.91 Å². The van der Waals surface area contributed by atoms with Crippen LogP contribution in [0.2, 0.25) is 5.02 Å². The third-order valence-electron chi connectivity index (χ3n) is 3.50. The summed E-state index contributed by atoms with van der Waals surface area (Å²) in [6.45, 7) is 0. The molecule has 0 aliphatic heterocycles. The van der Waals surface area contributed by atoms with Gasteiger partial charge in [-0.05, 0) is 30.3 Å². The number of methoxy groups -OCH3 is 1. The van der Waals surface area contributed by atoms with E-state index in [0.29, 0.717) is 27.4 Å². The third kappa shape index (κ3) is 4.14. The Hall–Kier alpha value is -2.58. The number of carbonyl (C=O) groups is 1. The van der Waals surface area contributed by atoms with E-state index in [2.05, 4.69) is 20.5 Å². The number of amides is 1. The van der Waals surface area contributed by atoms with E-state index in [1.165, 1.54) is 18.9 Å². The lowest BCUT2D eigenvalue weighted by Crippen LogP contribution is -2.15. The monoisotopic (exact) mass is 389 g/mol. The van der Waals surface area contributed by atoms with Crippen molar-refractivity contribution in [2.24, 2.45) is 7.05 Å². The Labute approximate surface area is 159 Å². The Morgan fingerprint density at radius 1 is 1.31 bits per heavy atom. The van der Waals surface area contributed by atoms with E-state index in [9.17, 15) is 4.79 Å². The highest BCUT2D eigenvalue weighted by Gasteiger charge is 2.14. The molecule has 1 amide bonds. The summed E-state index contributed by atoms with van der Waals surface area (Å²) >= 11 is 7.26. The van der Waals surface area contributed by atoms with Crippen LogP contribution in [0.4, 0.5) is 5.69 Å². The van der Waals surface area contributed by atoms with Gasteiger partial charge in [0.1, 0.15) is 11.4 Å². The number of rotatable bonds is 6. The summed E-state index contributed by atoms with van der Waals surface area (Å²) in [6, 6.07) is 10.6. The van der Waals surface area contributed by atoms with E-state index >= 15 is 0 Å². The number of nitrogens with zero attached hydrogens (tertiary/aromatic N) is 4. The summed E-state index contributed by atoms with van der Waals surface area (Å²) in [7, 11) is 3.37. The van der Waals surface area contributed by atoms with Crippen molar-refractivity contribution in [1.82, 2.24) is 19.7 Å². The molecule has 0 atom stereocenters. The third-order valence-corrected chi connectivity index (χ3v) is 4.75. The van der Waals surface area contributed by atoms with Gasteiger partial charge in [0.05, 0.1) is 18.6 Å². The first-order valence-corrected chi connectivity index (χ1v) is 9.02. The van der Waals surface area contributed by atoms with Gasteiger partial charge >= 0.3 is 0 Å². The first-order valence-electron chi connectivity index (χ1n) is 7.65. The zero-order valence-corrected chi connectivity index (χ0v) is 15.7. The summed E-state index contributed by atoms with van der Waals surface area (Å²) in [4.78, 5) is 16.5. The molecule has 134 valence electrons. The number of carbonyl (C=O) groups excluding carboxylic acids is 1. The fourth-order valence-corrected chi connectivity index (χ4v) is 3.14. The molecule has 3 aromatic rings. The molecular formula is C17H16ClN5O2S. The fraction of sp³-hybridized carbons (Fsp3) is 0.176. The second kappa shape index (κ2) is 8.20. The first kappa shape index (κ1) is 18.2. The minimum Gasteiger partial charge on any atom is -0.495 e. The van der Waals surface area contributed by atoms with E-state index < -0.39 is 0 Å². The SMILES string of the molecule is COc1ccc(Cl)cc1NC(=O)CSc1nnc(-c2ccccn2)n1C. The fourth-order valence-electron chi connectivity index (χ4n) is 2.25. The number of ether oxygens (including phenoxy) is 1. The number of nitrogens with one attached hydrogen (secondary N) is 1. The van der Waals surface area contributed by atoms with Crippen LogP contribution >= 0.6 is 23.4 Å². The van der Waals surface area contributed by atoms with Crippen LogP contribution in [0.5, 0.6) is 5.75 Å². The highest BCUT2D eigenvalue weighted by Crippen LogP contribution is 2.28. The summed E-state index contributed by atoms with van der Waals surface area (Å²) < 4.78 is 7.03. The Balaban J connectivity index is 1.66. The number of hydrogen-bond acceptors (Lipinski definition) is 6. The Bertz CT molecular complexity index is 917. The summed E-state index contributed by atoms with van der Waals surface area (Å²) in [5.41, 5.74) is 1.25. The maximum Gasteiger partial charge on any atom is 0.234 e. The molecule has 0 saturated carbocycles. The van der Waals surface area contributed by atoms with Gasteiger partial charge in [0.25, 0.3) is 0 Å². The van der Waals surface area contributed by atoms with Gasteiger partial charge in [-0.2, -0.15) is 0 Å². The molecule has 0 unspecified atom stereocenters. The van der Waals surface area contributed by atoms with Crippen LogP contribution in [0.1, 0.15) is 0 Å². The predicted molar refractivity (Wildman–Crippen MR) is 102 cm³/mol. The zero-order chi connectivity index (χ0) is 18.5. The molecule has 7 nitrogen and oxygen atoms in total. The molecule has 0 radical (unpaired) electrons. The van der Waals surface area contributed by atoms with Crippen LogP contribution in [0.15, 0.2) is 47.8 Å². The van der Waals surface area contributed by atoms with E-state index in [1.807, 2.05) is 25.2 Å². The molecule has 2 aromatic heterocycles. The van der Waals surface area contributed by atoms with Crippen LogP contribution in [0.3, 0.4) is 0 Å².